The van der Waals surface area contributed by atoms with Crippen molar-refractivity contribution >= 4 is 17.5 Å². The predicted octanol–water partition coefficient (Wildman–Crippen LogP) is 4.47. The largest absolute Gasteiger partial charge is 0.268 e. The lowest BCUT2D eigenvalue weighted by atomic mass is 9.72. The quantitative estimate of drug-likeness (QED) is 0.625. The maximum absolute atomic E-state index is 13.7. The highest BCUT2D eigenvalue weighted by atomic mass is 32.2. The van der Waals surface area contributed by atoms with Gasteiger partial charge < -0.3 is 0 Å². The molecule has 5 nitrogen and oxygen atoms in total. The minimum Gasteiger partial charge on any atom is -0.268 e. The Bertz CT molecular complexity index is 1080. The fourth-order valence-electron chi connectivity index (χ4n) is 3.93. The van der Waals surface area contributed by atoms with E-state index in [2.05, 4.69) is 52.8 Å². The number of thioether (sulfide) groups is 1. The van der Waals surface area contributed by atoms with E-state index in [1.807, 2.05) is 10.7 Å². The molecule has 2 heterocycles. The third-order valence-corrected chi connectivity index (χ3v) is 6.30. The van der Waals surface area contributed by atoms with Crippen LogP contribution in [0, 0.1) is 0 Å². The Morgan fingerprint density at radius 3 is 2.70 bits per heavy atom. The average Bonchev–Trinajstić information content (AvgIpc) is 2.98. The van der Waals surface area contributed by atoms with Crippen molar-refractivity contribution in [2.45, 2.75) is 64.1 Å². The molecule has 0 fully saturated rings. The van der Waals surface area contributed by atoms with Crippen LogP contribution in [-0.4, -0.2) is 24.9 Å². The van der Waals surface area contributed by atoms with Crippen LogP contribution in [0.3, 0.4) is 0 Å². The number of rotatable bonds is 4. The van der Waals surface area contributed by atoms with E-state index in [-0.39, 0.29) is 17.0 Å². The molecular formula is C21H26N4OS. The van der Waals surface area contributed by atoms with E-state index in [4.69, 9.17) is 10.1 Å². The van der Waals surface area contributed by atoms with Crippen LogP contribution in [0.25, 0.3) is 17.0 Å². The molecule has 0 atom stereocenters. The fraction of sp³-hybridized carbons (Fsp3) is 0.476. The van der Waals surface area contributed by atoms with Gasteiger partial charge >= 0.3 is 0 Å². The topological polar surface area (TPSA) is 52.2 Å². The summed E-state index contributed by atoms with van der Waals surface area (Å²) in [7, 11) is 0. The second-order valence-corrected chi connectivity index (χ2v) is 9.23. The summed E-state index contributed by atoms with van der Waals surface area (Å²) in [5.41, 5.74) is 3.72. The zero-order valence-electron chi connectivity index (χ0n) is 16.6. The van der Waals surface area contributed by atoms with Crippen LogP contribution in [0.2, 0.25) is 0 Å². The summed E-state index contributed by atoms with van der Waals surface area (Å²) in [5.74, 6) is 1.57. The predicted molar refractivity (Wildman–Crippen MR) is 111 cm³/mol. The molecule has 27 heavy (non-hydrogen) atoms. The summed E-state index contributed by atoms with van der Waals surface area (Å²) in [6.07, 6.45) is 1.88. The minimum atomic E-state index is -0.262. The summed E-state index contributed by atoms with van der Waals surface area (Å²) in [6, 6.07) is 8.43. The average molecular weight is 383 g/mol. The third kappa shape index (κ3) is 2.81. The van der Waals surface area contributed by atoms with E-state index in [0.29, 0.717) is 5.78 Å². The Morgan fingerprint density at radius 2 is 2.00 bits per heavy atom. The SMILES string of the molecule is CCCSc1nn(C(C)C)c2nc3c(c(=O)n12)C(C)(C)Cc1ccccc1-3. The molecule has 0 aliphatic heterocycles. The Labute approximate surface area is 163 Å². The van der Waals surface area contributed by atoms with Crippen LogP contribution in [0.1, 0.15) is 58.2 Å². The Balaban J connectivity index is 2.10. The molecule has 1 aliphatic carbocycles. The molecule has 0 spiro atoms. The van der Waals surface area contributed by atoms with Crippen LogP contribution >= 0.6 is 11.8 Å². The van der Waals surface area contributed by atoms with Crippen LogP contribution in [0.5, 0.6) is 0 Å². The maximum atomic E-state index is 13.7. The molecule has 142 valence electrons. The number of aromatic nitrogens is 4. The zero-order chi connectivity index (χ0) is 19.3. The van der Waals surface area contributed by atoms with Crippen LogP contribution in [0.15, 0.2) is 34.2 Å². The van der Waals surface area contributed by atoms with Gasteiger partial charge in [0.15, 0.2) is 5.16 Å². The normalized spacial score (nSPS) is 15.2. The van der Waals surface area contributed by atoms with Crippen LogP contribution in [0.4, 0.5) is 0 Å². The molecule has 1 aliphatic rings. The van der Waals surface area contributed by atoms with Gasteiger partial charge in [0, 0.05) is 16.7 Å². The molecule has 4 rings (SSSR count). The van der Waals surface area contributed by atoms with Crippen molar-refractivity contribution in [2.75, 3.05) is 5.75 Å². The third-order valence-electron chi connectivity index (χ3n) is 5.16. The van der Waals surface area contributed by atoms with Gasteiger partial charge in [-0.05, 0) is 32.3 Å². The molecule has 0 N–H and O–H groups in total. The first-order valence-electron chi connectivity index (χ1n) is 9.62. The van der Waals surface area contributed by atoms with E-state index in [1.54, 1.807) is 16.2 Å². The summed E-state index contributed by atoms with van der Waals surface area (Å²) < 4.78 is 3.61. The van der Waals surface area contributed by atoms with E-state index >= 15 is 0 Å². The monoisotopic (exact) mass is 382 g/mol. The van der Waals surface area contributed by atoms with Gasteiger partial charge in [-0.25, -0.2) is 14.1 Å². The minimum absolute atomic E-state index is 0.0278. The van der Waals surface area contributed by atoms with E-state index < -0.39 is 0 Å². The van der Waals surface area contributed by atoms with Gasteiger partial charge in [-0.2, -0.15) is 0 Å². The van der Waals surface area contributed by atoms with Gasteiger partial charge in [0.1, 0.15) is 0 Å². The molecule has 6 heteroatoms. The van der Waals surface area contributed by atoms with Crippen molar-refractivity contribution in [3.05, 3.63) is 45.7 Å². The van der Waals surface area contributed by atoms with E-state index in [9.17, 15) is 4.79 Å². The lowest BCUT2D eigenvalue weighted by Gasteiger charge is -2.32. The first kappa shape index (κ1) is 18.3. The molecule has 1 aromatic carbocycles. The molecule has 0 radical (unpaired) electrons. The number of nitrogens with zero attached hydrogens (tertiary/aromatic N) is 4. The molecule has 0 unspecified atom stereocenters. The standard InChI is InChI=1S/C21H26N4OS/c1-6-11-27-20-23-25(13(2)3)19-22-17-15-10-8-7-9-14(15)12-21(4,5)16(17)18(26)24(19)20/h7-10,13H,6,11-12H2,1-5H3. The number of benzene rings is 1. The lowest BCUT2D eigenvalue weighted by Crippen LogP contribution is -2.36. The molecule has 3 aromatic rings. The molecule has 0 bridgehead atoms. The molecule has 0 saturated heterocycles. The van der Waals surface area contributed by atoms with Crippen molar-refractivity contribution in [1.82, 2.24) is 19.2 Å². The first-order chi connectivity index (χ1) is 12.8. The lowest BCUT2D eigenvalue weighted by molar-refractivity contribution is 0.504. The van der Waals surface area contributed by atoms with E-state index in [0.717, 1.165) is 40.6 Å². The van der Waals surface area contributed by atoms with Crippen molar-refractivity contribution < 1.29 is 0 Å². The summed E-state index contributed by atoms with van der Waals surface area (Å²) in [5, 5.41) is 5.49. The molecule has 2 aromatic heterocycles. The van der Waals surface area contributed by atoms with Crippen molar-refractivity contribution in [1.29, 1.82) is 0 Å². The van der Waals surface area contributed by atoms with Gasteiger partial charge in [0.2, 0.25) is 5.78 Å². The molecule has 0 saturated carbocycles. The highest BCUT2D eigenvalue weighted by Crippen LogP contribution is 2.40. The van der Waals surface area contributed by atoms with Crippen LogP contribution in [-0.2, 0) is 11.8 Å². The summed E-state index contributed by atoms with van der Waals surface area (Å²) in [4.78, 5) is 18.7. The Morgan fingerprint density at radius 1 is 1.26 bits per heavy atom. The second kappa shape index (κ2) is 6.51. The molecular weight excluding hydrogens is 356 g/mol. The number of hydrogen-bond acceptors (Lipinski definition) is 4. The van der Waals surface area contributed by atoms with Crippen molar-refractivity contribution in [2.24, 2.45) is 0 Å². The Kier molecular flexibility index (Phi) is 4.41. The summed E-state index contributed by atoms with van der Waals surface area (Å²) >= 11 is 1.63. The van der Waals surface area contributed by atoms with Gasteiger partial charge in [-0.1, -0.05) is 56.8 Å². The fourth-order valence-corrected chi connectivity index (χ4v) is 4.75. The molecule has 0 amide bonds. The summed E-state index contributed by atoms with van der Waals surface area (Å²) in [6.45, 7) is 10.6. The highest BCUT2D eigenvalue weighted by Gasteiger charge is 2.36. The second-order valence-electron chi connectivity index (χ2n) is 8.16. The highest BCUT2D eigenvalue weighted by molar-refractivity contribution is 7.99. The zero-order valence-corrected chi connectivity index (χ0v) is 17.4. The van der Waals surface area contributed by atoms with Gasteiger partial charge in [0.05, 0.1) is 17.3 Å². The van der Waals surface area contributed by atoms with Gasteiger partial charge in [-0.15, -0.1) is 5.10 Å². The van der Waals surface area contributed by atoms with E-state index in [1.165, 1.54) is 5.56 Å². The number of fused-ring (bicyclic) bond motifs is 4. The van der Waals surface area contributed by atoms with Gasteiger partial charge in [-0.3, -0.25) is 4.79 Å². The maximum Gasteiger partial charge on any atom is 0.265 e. The first-order valence-corrected chi connectivity index (χ1v) is 10.6. The van der Waals surface area contributed by atoms with Crippen molar-refractivity contribution in [3.8, 4) is 11.3 Å². The Hall–Kier alpha value is -2.08. The van der Waals surface area contributed by atoms with Gasteiger partial charge in [0.25, 0.3) is 5.56 Å². The van der Waals surface area contributed by atoms with Crippen molar-refractivity contribution in [3.63, 3.8) is 0 Å². The smallest absolute Gasteiger partial charge is 0.265 e. The van der Waals surface area contributed by atoms with Crippen LogP contribution < -0.4 is 5.56 Å². The number of hydrogen-bond donors (Lipinski definition) is 0.